The smallest absolute Gasteiger partial charge is 0.271 e. The van der Waals surface area contributed by atoms with E-state index in [1.165, 1.54) is 5.56 Å². The lowest BCUT2D eigenvalue weighted by atomic mass is 10.1. The third-order valence-corrected chi connectivity index (χ3v) is 3.53. The second-order valence-electron chi connectivity index (χ2n) is 5.09. The minimum atomic E-state index is -0.0692. The molecule has 2 aromatic rings. The minimum Gasteiger partial charge on any atom is -0.351 e. The Labute approximate surface area is 112 Å². The lowest BCUT2D eigenvalue weighted by molar-refractivity contribution is 0.0951. The number of nitrogens with zero attached hydrogens (tertiary/aromatic N) is 1. The average Bonchev–Trinajstić information content (AvgIpc) is 2.74. The Hall–Kier alpha value is -2.10. The molecule has 0 fully saturated rings. The van der Waals surface area contributed by atoms with Crippen molar-refractivity contribution >= 4 is 5.91 Å². The molecule has 2 N–H and O–H groups in total. The third kappa shape index (κ3) is 2.14. The van der Waals surface area contributed by atoms with E-state index in [0.717, 1.165) is 42.0 Å². The van der Waals surface area contributed by atoms with Crippen molar-refractivity contribution in [3.63, 3.8) is 0 Å². The molecule has 1 aliphatic heterocycles. The average molecular weight is 255 g/mol. The summed E-state index contributed by atoms with van der Waals surface area (Å²) in [6, 6.07) is 6.27. The molecule has 0 spiro atoms. The summed E-state index contributed by atoms with van der Waals surface area (Å²) in [5.41, 5.74) is 4.92. The van der Waals surface area contributed by atoms with Crippen LogP contribution in [-0.2, 0) is 6.42 Å². The summed E-state index contributed by atoms with van der Waals surface area (Å²) in [5, 5.41) is 2.87. The number of aromatic amines is 1. The van der Waals surface area contributed by atoms with E-state index in [0.29, 0.717) is 5.69 Å². The third-order valence-electron chi connectivity index (χ3n) is 3.53. The van der Waals surface area contributed by atoms with Gasteiger partial charge in [-0.05, 0) is 38.3 Å². The standard InChI is InChI=1S/C15H17N3O/c1-9-5-6-10(2)11(8-9)14-17-12-4-3-7-16-15(19)13(12)18-14/h5-6,8H,3-4,7H2,1-2H3,(H,16,19)(H,17,18). The monoisotopic (exact) mass is 255 g/mol. The van der Waals surface area contributed by atoms with Gasteiger partial charge in [-0.15, -0.1) is 0 Å². The van der Waals surface area contributed by atoms with Crippen molar-refractivity contribution in [2.45, 2.75) is 26.7 Å². The number of hydrogen-bond donors (Lipinski definition) is 2. The van der Waals surface area contributed by atoms with Crippen LogP contribution < -0.4 is 5.32 Å². The number of fused-ring (bicyclic) bond motifs is 1. The van der Waals surface area contributed by atoms with Crippen molar-refractivity contribution in [3.05, 3.63) is 40.7 Å². The van der Waals surface area contributed by atoms with Gasteiger partial charge in [-0.1, -0.05) is 17.7 Å². The van der Waals surface area contributed by atoms with Crippen LogP contribution in [0.25, 0.3) is 11.4 Å². The Morgan fingerprint density at radius 2 is 2.11 bits per heavy atom. The van der Waals surface area contributed by atoms with Crippen molar-refractivity contribution in [1.29, 1.82) is 0 Å². The van der Waals surface area contributed by atoms with Crippen molar-refractivity contribution in [2.24, 2.45) is 0 Å². The van der Waals surface area contributed by atoms with E-state index < -0.39 is 0 Å². The van der Waals surface area contributed by atoms with Crippen molar-refractivity contribution in [1.82, 2.24) is 15.3 Å². The first-order valence-corrected chi connectivity index (χ1v) is 6.60. The van der Waals surface area contributed by atoms with E-state index in [-0.39, 0.29) is 5.91 Å². The molecule has 1 aromatic heterocycles. The largest absolute Gasteiger partial charge is 0.351 e. The van der Waals surface area contributed by atoms with Crippen LogP contribution in [0.4, 0.5) is 0 Å². The summed E-state index contributed by atoms with van der Waals surface area (Å²) in [7, 11) is 0. The summed E-state index contributed by atoms with van der Waals surface area (Å²) >= 11 is 0. The number of nitrogens with one attached hydrogen (secondary N) is 2. The van der Waals surface area contributed by atoms with E-state index in [1.807, 2.05) is 0 Å². The van der Waals surface area contributed by atoms with Gasteiger partial charge in [0.25, 0.3) is 5.91 Å². The van der Waals surface area contributed by atoms with Crippen LogP contribution in [-0.4, -0.2) is 22.4 Å². The molecule has 2 heterocycles. The van der Waals surface area contributed by atoms with E-state index >= 15 is 0 Å². The van der Waals surface area contributed by atoms with Gasteiger partial charge in [-0.2, -0.15) is 0 Å². The maximum atomic E-state index is 11.9. The predicted molar refractivity (Wildman–Crippen MR) is 74.2 cm³/mol. The number of H-pyrrole nitrogens is 1. The van der Waals surface area contributed by atoms with Crippen LogP contribution in [0, 0.1) is 13.8 Å². The quantitative estimate of drug-likeness (QED) is 0.822. The van der Waals surface area contributed by atoms with Crippen LogP contribution in [0.1, 0.15) is 33.7 Å². The molecule has 0 saturated carbocycles. The number of carbonyl (C=O) groups excluding carboxylic acids is 1. The van der Waals surface area contributed by atoms with Gasteiger partial charge < -0.3 is 10.3 Å². The first-order valence-electron chi connectivity index (χ1n) is 6.60. The first kappa shape index (κ1) is 12.0. The molecule has 4 heteroatoms. The number of carbonyl (C=O) groups is 1. The second kappa shape index (κ2) is 4.53. The second-order valence-corrected chi connectivity index (χ2v) is 5.09. The molecule has 3 rings (SSSR count). The number of aryl methyl sites for hydroxylation is 3. The molecule has 4 nitrogen and oxygen atoms in total. The molecule has 1 amide bonds. The van der Waals surface area contributed by atoms with Crippen molar-refractivity contribution in [3.8, 4) is 11.4 Å². The summed E-state index contributed by atoms with van der Waals surface area (Å²) in [6.07, 6.45) is 1.82. The highest BCUT2D eigenvalue weighted by atomic mass is 16.1. The minimum absolute atomic E-state index is 0.0692. The highest BCUT2D eigenvalue weighted by Gasteiger charge is 2.20. The lowest BCUT2D eigenvalue weighted by Crippen LogP contribution is -2.23. The molecule has 0 atom stereocenters. The van der Waals surface area contributed by atoms with Crippen LogP contribution in [0.15, 0.2) is 18.2 Å². The highest BCUT2D eigenvalue weighted by molar-refractivity contribution is 5.94. The molecule has 98 valence electrons. The highest BCUT2D eigenvalue weighted by Crippen LogP contribution is 2.24. The molecule has 1 aromatic carbocycles. The zero-order chi connectivity index (χ0) is 13.4. The van der Waals surface area contributed by atoms with Gasteiger partial charge in [0.2, 0.25) is 0 Å². The molecule has 19 heavy (non-hydrogen) atoms. The Kier molecular flexibility index (Phi) is 2.85. The Bertz CT molecular complexity index is 643. The number of amides is 1. The number of hydrogen-bond acceptors (Lipinski definition) is 2. The SMILES string of the molecule is Cc1ccc(C)c(-c2nc3c([nH]2)CCCNC3=O)c1. The number of imidazole rings is 1. The Morgan fingerprint density at radius 1 is 1.26 bits per heavy atom. The van der Waals surface area contributed by atoms with Gasteiger partial charge in [0, 0.05) is 17.8 Å². The van der Waals surface area contributed by atoms with Gasteiger partial charge in [0.1, 0.15) is 11.5 Å². The molecule has 0 bridgehead atoms. The Morgan fingerprint density at radius 3 is 2.95 bits per heavy atom. The van der Waals surface area contributed by atoms with Gasteiger partial charge in [-0.25, -0.2) is 4.98 Å². The molecule has 1 aliphatic rings. The molecule has 0 aliphatic carbocycles. The fraction of sp³-hybridized carbons (Fsp3) is 0.333. The summed E-state index contributed by atoms with van der Waals surface area (Å²) < 4.78 is 0. The number of rotatable bonds is 1. The van der Waals surface area contributed by atoms with E-state index in [1.54, 1.807) is 0 Å². The van der Waals surface area contributed by atoms with E-state index in [4.69, 9.17) is 0 Å². The molecule has 0 unspecified atom stereocenters. The summed E-state index contributed by atoms with van der Waals surface area (Å²) in [5.74, 6) is 0.726. The van der Waals surface area contributed by atoms with E-state index in [2.05, 4.69) is 47.3 Å². The Balaban J connectivity index is 2.10. The molecular weight excluding hydrogens is 238 g/mol. The van der Waals surface area contributed by atoms with Crippen LogP contribution in [0.3, 0.4) is 0 Å². The predicted octanol–water partition coefficient (Wildman–Crippen LogP) is 2.37. The van der Waals surface area contributed by atoms with Crippen LogP contribution in [0.5, 0.6) is 0 Å². The maximum Gasteiger partial charge on any atom is 0.271 e. The van der Waals surface area contributed by atoms with Crippen LogP contribution >= 0.6 is 0 Å². The zero-order valence-corrected chi connectivity index (χ0v) is 11.2. The fourth-order valence-electron chi connectivity index (χ4n) is 2.45. The molecule has 0 radical (unpaired) electrons. The molecule has 0 saturated heterocycles. The summed E-state index contributed by atoms with van der Waals surface area (Å²) in [6.45, 7) is 4.84. The van der Waals surface area contributed by atoms with Gasteiger partial charge >= 0.3 is 0 Å². The van der Waals surface area contributed by atoms with Gasteiger partial charge in [0.05, 0.1) is 0 Å². The van der Waals surface area contributed by atoms with Gasteiger partial charge in [0.15, 0.2) is 0 Å². The normalized spacial score (nSPS) is 14.7. The first-order chi connectivity index (χ1) is 9.15. The van der Waals surface area contributed by atoms with E-state index in [9.17, 15) is 4.79 Å². The number of aromatic nitrogens is 2. The lowest BCUT2D eigenvalue weighted by Gasteiger charge is -2.04. The summed E-state index contributed by atoms with van der Waals surface area (Å²) in [4.78, 5) is 19.7. The van der Waals surface area contributed by atoms with Crippen molar-refractivity contribution in [2.75, 3.05) is 6.54 Å². The number of benzene rings is 1. The van der Waals surface area contributed by atoms with Gasteiger partial charge in [-0.3, -0.25) is 4.79 Å². The topological polar surface area (TPSA) is 57.8 Å². The maximum absolute atomic E-state index is 11.9. The van der Waals surface area contributed by atoms with Crippen LogP contribution in [0.2, 0.25) is 0 Å². The fourth-order valence-corrected chi connectivity index (χ4v) is 2.45. The zero-order valence-electron chi connectivity index (χ0n) is 11.2. The van der Waals surface area contributed by atoms with Crippen molar-refractivity contribution < 1.29 is 4.79 Å². The molecular formula is C15H17N3O.